The minimum absolute atomic E-state index is 0.0287. The van der Waals surface area contributed by atoms with E-state index in [-0.39, 0.29) is 17.4 Å². The Morgan fingerprint density at radius 3 is 2.62 bits per heavy atom. The van der Waals surface area contributed by atoms with Gasteiger partial charge in [-0.1, -0.05) is 85.0 Å². The Hall–Kier alpha value is -2.64. The molecule has 0 saturated carbocycles. The summed E-state index contributed by atoms with van der Waals surface area (Å²) in [7, 11) is 0. The molecule has 1 nitrogen and oxygen atoms in total. The van der Waals surface area contributed by atoms with Crippen LogP contribution in [-0.2, 0) is 5.41 Å². The zero-order valence-corrected chi connectivity index (χ0v) is 14.6. The van der Waals surface area contributed by atoms with Crippen molar-refractivity contribution in [3.05, 3.63) is 113 Å². The first-order valence-corrected chi connectivity index (χ1v) is 9.54. The van der Waals surface area contributed by atoms with Gasteiger partial charge in [-0.25, -0.2) is 0 Å². The topological polar surface area (TPSA) is 26.0 Å². The third-order valence-electron chi connectivity index (χ3n) is 6.83. The molecule has 126 valence electrons. The summed E-state index contributed by atoms with van der Waals surface area (Å²) in [4.78, 5) is 0. The zero-order valence-electron chi connectivity index (χ0n) is 14.6. The van der Waals surface area contributed by atoms with Gasteiger partial charge in [0.15, 0.2) is 0 Å². The van der Waals surface area contributed by atoms with Gasteiger partial charge in [0.25, 0.3) is 0 Å². The fourth-order valence-electron chi connectivity index (χ4n) is 6.03. The predicted molar refractivity (Wildman–Crippen MR) is 107 cm³/mol. The van der Waals surface area contributed by atoms with E-state index < -0.39 is 0 Å². The molecule has 0 heterocycles. The Bertz CT molecular complexity index is 1050. The zero-order chi connectivity index (χ0) is 17.3. The van der Waals surface area contributed by atoms with E-state index in [1.807, 2.05) is 0 Å². The molecule has 4 aliphatic carbocycles. The summed E-state index contributed by atoms with van der Waals surface area (Å²) < 4.78 is 0. The van der Waals surface area contributed by atoms with Gasteiger partial charge in [-0.3, -0.25) is 0 Å². The molecule has 2 aromatic carbocycles. The Kier molecular flexibility index (Phi) is 2.77. The molecule has 6 rings (SSSR count). The van der Waals surface area contributed by atoms with Gasteiger partial charge in [-0.2, -0.15) is 0 Å². The highest BCUT2D eigenvalue weighted by Gasteiger charge is 2.60. The molecular formula is C25H21N. The summed E-state index contributed by atoms with van der Waals surface area (Å²) in [5.74, 6) is 0.746. The highest BCUT2D eigenvalue weighted by atomic mass is 14.7. The standard InChI is InChI=1S/C25H21N/c26-23-15-7-11-19-18-10-3-6-14-22(18)25(24(19)23)20-12-4-1-8-16(20)17-9-2-5-13-21(17)25/h1-8,10-15,17,23-24H,9,26H2. The van der Waals surface area contributed by atoms with Crippen LogP contribution in [0.4, 0.5) is 0 Å². The van der Waals surface area contributed by atoms with E-state index in [4.69, 9.17) is 5.73 Å². The van der Waals surface area contributed by atoms with E-state index in [1.165, 1.54) is 33.4 Å². The predicted octanol–water partition coefficient (Wildman–Crippen LogP) is 4.87. The van der Waals surface area contributed by atoms with Crippen LogP contribution in [0.5, 0.6) is 0 Å². The normalized spacial score (nSPS) is 32.6. The molecule has 26 heavy (non-hydrogen) atoms. The maximum atomic E-state index is 6.76. The third-order valence-corrected chi connectivity index (χ3v) is 6.83. The average molecular weight is 335 g/mol. The molecule has 0 bridgehead atoms. The van der Waals surface area contributed by atoms with Crippen LogP contribution in [0.25, 0.3) is 5.57 Å². The van der Waals surface area contributed by atoms with Crippen molar-refractivity contribution in [2.45, 2.75) is 23.8 Å². The number of rotatable bonds is 0. The second-order valence-corrected chi connectivity index (χ2v) is 7.84. The van der Waals surface area contributed by atoms with Crippen molar-refractivity contribution in [2.75, 3.05) is 0 Å². The lowest BCUT2D eigenvalue weighted by Crippen LogP contribution is -2.43. The highest BCUT2D eigenvalue weighted by molar-refractivity contribution is 5.86. The first-order chi connectivity index (χ1) is 12.8. The molecule has 1 heteroatoms. The molecule has 0 radical (unpaired) electrons. The number of nitrogens with two attached hydrogens (primary N) is 1. The Labute approximate surface area is 154 Å². The summed E-state index contributed by atoms with van der Waals surface area (Å²) >= 11 is 0. The smallest absolute Gasteiger partial charge is 0.0515 e. The molecule has 4 unspecified atom stereocenters. The van der Waals surface area contributed by atoms with Gasteiger partial charge in [-0.05, 0) is 39.8 Å². The summed E-state index contributed by atoms with van der Waals surface area (Å²) in [5.41, 5.74) is 15.3. The van der Waals surface area contributed by atoms with Crippen molar-refractivity contribution in [2.24, 2.45) is 11.7 Å². The number of benzene rings is 2. The molecule has 0 fully saturated rings. The summed E-state index contributed by atoms with van der Waals surface area (Å²) in [6.45, 7) is 0. The molecule has 0 saturated heterocycles. The van der Waals surface area contributed by atoms with Gasteiger partial charge in [0.1, 0.15) is 0 Å². The second-order valence-electron chi connectivity index (χ2n) is 7.84. The van der Waals surface area contributed by atoms with Gasteiger partial charge in [0.05, 0.1) is 5.41 Å². The largest absolute Gasteiger partial charge is 0.324 e. The Morgan fingerprint density at radius 1 is 0.885 bits per heavy atom. The van der Waals surface area contributed by atoms with Crippen LogP contribution in [0.3, 0.4) is 0 Å². The van der Waals surface area contributed by atoms with Gasteiger partial charge in [0.2, 0.25) is 0 Å². The minimum Gasteiger partial charge on any atom is -0.324 e. The Morgan fingerprint density at radius 2 is 1.69 bits per heavy atom. The SMILES string of the molecule is NC1C=CC=C2c3ccccc3C3(C4=CC=CCC4c4ccccc43)C21. The first-order valence-electron chi connectivity index (χ1n) is 9.54. The molecule has 0 aromatic heterocycles. The van der Waals surface area contributed by atoms with Crippen LogP contribution in [-0.4, -0.2) is 6.04 Å². The molecule has 0 amide bonds. The van der Waals surface area contributed by atoms with E-state index in [1.54, 1.807) is 0 Å². The summed E-state index contributed by atoms with van der Waals surface area (Å²) in [5, 5.41) is 0. The monoisotopic (exact) mass is 335 g/mol. The van der Waals surface area contributed by atoms with Crippen LogP contribution in [0.2, 0.25) is 0 Å². The quantitative estimate of drug-likeness (QED) is 0.730. The van der Waals surface area contributed by atoms with Crippen LogP contribution in [0.15, 0.2) is 90.6 Å². The number of fused-ring (bicyclic) bond motifs is 10. The maximum absolute atomic E-state index is 6.76. The van der Waals surface area contributed by atoms with E-state index in [0.29, 0.717) is 5.92 Å². The van der Waals surface area contributed by atoms with Gasteiger partial charge in [0, 0.05) is 17.9 Å². The van der Waals surface area contributed by atoms with Crippen molar-refractivity contribution in [1.82, 2.24) is 0 Å². The molecule has 2 N–H and O–H groups in total. The van der Waals surface area contributed by atoms with Crippen molar-refractivity contribution >= 4 is 5.57 Å². The lowest BCUT2D eigenvalue weighted by molar-refractivity contribution is 0.434. The highest BCUT2D eigenvalue weighted by Crippen LogP contribution is 2.66. The van der Waals surface area contributed by atoms with Crippen molar-refractivity contribution in [3.8, 4) is 0 Å². The van der Waals surface area contributed by atoms with Crippen molar-refractivity contribution in [1.29, 1.82) is 0 Å². The average Bonchev–Trinajstić information content (AvgIpc) is 3.16. The van der Waals surface area contributed by atoms with Crippen molar-refractivity contribution in [3.63, 3.8) is 0 Å². The Balaban J connectivity index is 1.78. The number of hydrogen-bond donors (Lipinski definition) is 1. The molecule has 4 aliphatic rings. The van der Waals surface area contributed by atoms with E-state index in [9.17, 15) is 0 Å². The molecule has 1 spiro atoms. The van der Waals surface area contributed by atoms with E-state index in [0.717, 1.165) is 6.42 Å². The van der Waals surface area contributed by atoms with Gasteiger partial charge >= 0.3 is 0 Å². The second kappa shape index (κ2) is 4.96. The molecule has 0 aliphatic heterocycles. The number of allylic oxidation sites excluding steroid dienone is 6. The molecule has 2 aromatic rings. The maximum Gasteiger partial charge on any atom is 0.0515 e. The third kappa shape index (κ3) is 1.52. The molecular weight excluding hydrogens is 314 g/mol. The van der Waals surface area contributed by atoms with Gasteiger partial charge in [-0.15, -0.1) is 0 Å². The van der Waals surface area contributed by atoms with Crippen molar-refractivity contribution < 1.29 is 0 Å². The minimum atomic E-state index is -0.126. The lowest BCUT2D eigenvalue weighted by atomic mass is 9.63. The summed E-state index contributed by atoms with van der Waals surface area (Å²) in [6, 6.07) is 18.0. The molecule has 4 atom stereocenters. The van der Waals surface area contributed by atoms with E-state index >= 15 is 0 Å². The lowest BCUT2D eigenvalue weighted by Gasteiger charge is -2.40. The van der Waals surface area contributed by atoms with E-state index in [2.05, 4.69) is 85.0 Å². The summed E-state index contributed by atoms with van der Waals surface area (Å²) in [6.07, 6.45) is 14.6. The van der Waals surface area contributed by atoms with Crippen LogP contribution in [0.1, 0.15) is 34.6 Å². The van der Waals surface area contributed by atoms with Gasteiger partial charge < -0.3 is 5.73 Å². The fourth-order valence-corrected chi connectivity index (χ4v) is 6.03. The van der Waals surface area contributed by atoms with Crippen LogP contribution < -0.4 is 5.73 Å². The first kappa shape index (κ1) is 14.5. The number of hydrogen-bond acceptors (Lipinski definition) is 1. The van der Waals surface area contributed by atoms with Crippen LogP contribution in [0, 0.1) is 5.92 Å². The fraction of sp³-hybridized carbons (Fsp3) is 0.200. The van der Waals surface area contributed by atoms with Crippen LogP contribution >= 0.6 is 0 Å².